The van der Waals surface area contributed by atoms with Crippen LogP contribution in [-0.2, 0) is 12.8 Å². The lowest BCUT2D eigenvalue weighted by molar-refractivity contribution is 0.238. The lowest BCUT2D eigenvalue weighted by Crippen LogP contribution is -2.39. The summed E-state index contributed by atoms with van der Waals surface area (Å²) >= 11 is 0. The zero-order valence-electron chi connectivity index (χ0n) is 17.8. The highest BCUT2D eigenvalue weighted by molar-refractivity contribution is 5.83. The van der Waals surface area contributed by atoms with E-state index in [2.05, 4.69) is 76.0 Å². The van der Waals surface area contributed by atoms with Gasteiger partial charge in [0.15, 0.2) is 0 Å². The third-order valence-electron chi connectivity index (χ3n) is 6.08. The summed E-state index contributed by atoms with van der Waals surface area (Å²) in [6.07, 6.45) is 5.12. The molecule has 1 saturated heterocycles. The average molecular weight is 405 g/mol. The van der Waals surface area contributed by atoms with E-state index in [9.17, 15) is 4.79 Å². The number of amides is 2. The second kappa shape index (κ2) is 9.81. The number of likely N-dealkylation sites (tertiary alicyclic amines) is 1. The Balaban J connectivity index is 1.13. The summed E-state index contributed by atoms with van der Waals surface area (Å²) in [5.41, 5.74) is 5.05. The van der Waals surface area contributed by atoms with E-state index in [0.29, 0.717) is 12.5 Å². The maximum absolute atomic E-state index is 12.2. The predicted molar refractivity (Wildman–Crippen MR) is 123 cm³/mol. The number of aromatic amines is 1. The molecular weight excluding hydrogens is 372 g/mol. The lowest BCUT2D eigenvalue weighted by atomic mass is 10.1. The van der Waals surface area contributed by atoms with Gasteiger partial charge >= 0.3 is 6.03 Å². The van der Waals surface area contributed by atoms with Crippen molar-refractivity contribution in [1.82, 2.24) is 20.5 Å². The maximum Gasteiger partial charge on any atom is 0.314 e. The highest BCUT2D eigenvalue weighted by atomic mass is 16.2. The van der Waals surface area contributed by atoms with Crippen LogP contribution in [0.1, 0.15) is 23.1 Å². The number of benzene rings is 2. The zero-order valence-corrected chi connectivity index (χ0v) is 17.8. The molecule has 1 unspecified atom stereocenters. The van der Waals surface area contributed by atoms with Crippen LogP contribution in [0, 0.1) is 12.8 Å². The van der Waals surface area contributed by atoms with Crippen LogP contribution in [0.3, 0.4) is 0 Å². The fourth-order valence-corrected chi connectivity index (χ4v) is 4.33. The molecule has 0 aliphatic carbocycles. The van der Waals surface area contributed by atoms with Gasteiger partial charge in [0.1, 0.15) is 0 Å². The summed E-state index contributed by atoms with van der Waals surface area (Å²) in [6.45, 7) is 6.78. The Morgan fingerprint density at radius 2 is 2.00 bits per heavy atom. The molecule has 0 radical (unpaired) electrons. The highest BCUT2D eigenvalue weighted by Gasteiger charge is 2.22. The van der Waals surface area contributed by atoms with Gasteiger partial charge in [0.05, 0.1) is 0 Å². The SMILES string of the molecule is Cc1ccc2c(CCNC(=O)NCC3CCN(CCc4ccccc4)C3)c[nH]c2c1. The quantitative estimate of drug-likeness (QED) is 0.534. The molecule has 3 N–H and O–H groups in total. The molecule has 30 heavy (non-hydrogen) atoms. The van der Waals surface area contributed by atoms with Gasteiger partial charge in [-0.05, 0) is 61.4 Å². The van der Waals surface area contributed by atoms with Gasteiger partial charge < -0.3 is 20.5 Å². The van der Waals surface area contributed by atoms with Crippen molar-refractivity contribution in [3.05, 3.63) is 71.4 Å². The Bertz CT molecular complexity index is 966. The third-order valence-corrected chi connectivity index (χ3v) is 6.08. The topological polar surface area (TPSA) is 60.2 Å². The van der Waals surface area contributed by atoms with E-state index < -0.39 is 0 Å². The first kappa shape index (κ1) is 20.5. The largest absolute Gasteiger partial charge is 0.361 e. The number of fused-ring (bicyclic) bond motifs is 1. The van der Waals surface area contributed by atoms with Crippen molar-refractivity contribution in [3.8, 4) is 0 Å². The van der Waals surface area contributed by atoms with E-state index in [-0.39, 0.29) is 6.03 Å². The summed E-state index contributed by atoms with van der Waals surface area (Å²) in [5, 5.41) is 7.30. The van der Waals surface area contributed by atoms with Crippen molar-refractivity contribution in [2.45, 2.75) is 26.2 Å². The summed E-state index contributed by atoms with van der Waals surface area (Å²) in [6, 6.07) is 17.0. The molecule has 158 valence electrons. The van der Waals surface area contributed by atoms with Crippen molar-refractivity contribution >= 4 is 16.9 Å². The number of rotatable bonds is 8. The fourth-order valence-electron chi connectivity index (χ4n) is 4.33. The van der Waals surface area contributed by atoms with E-state index in [1.807, 2.05) is 6.20 Å². The number of hydrogen-bond donors (Lipinski definition) is 3. The maximum atomic E-state index is 12.2. The first-order valence-electron chi connectivity index (χ1n) is 11.0. The highest BCUT2D eigenvalue weighted by Crippen LogP contribution is 2.19. The Labute approximate surface area is 178 Å². The van der Waals surface area contributed by atoms with Crippen molar-refractivity contribution in [3.63, 3.8) is 0 Å². The molecule has 1 fully saturated rings. The van der Waals surface area contributed by atoms with Crippen LogP contribution < -0.4 is 10.6 Å². The van der Waals surface area contributed by atoms with Crippen molar-refractivity contribution < 1.29 is 4.79 Å². The monoisotopic (exact) mass is 404 g/mol. The molecule has 2 aromatic carbocycles. The number of urea groups is 1. The third kappa shape index (κ3) is 5.42. The number of nitrogens with zero attached hydrogens (tertiary/aromatic N) is 1. The van der Waals surface area contributed by atoms with Gasteiger partial charge in [-0.3, -0.25) is 0 Å². The molecule has 2 heterocycles. The van der Waals surface area contributed by atoms with Gasteiger partial charge in [-0.15, -0.1) is 0 Å². The number of hydrogen-bond acceptors (Lipinski definition) is 2. The number of aromatic nitrogens is 1. The summed E-state index contributed by atoms with van der Waals surface area (Å²) in [4.78, 5) is 18.0. The average Bonchev–Trinajstić information content (AvgIpc) is 3.38. The van der Waals surface area contributed by atoms with E-state index in [1.165, 1.54) is 22.1 Å². The Morgan fingerprint density at radius 3 is 2.87 bits per heavy atom. The standard InChI is InChI=1S/C25H32N4O/c1-19-7-8-23-22(17-27-24(23)15-19)9-12-26-25(30)28-16-21-11-14-29(18-21)13-10-20-5-3-2-4-6-20/h2-8,15,17,21,27H,9-14,16,18H2,1H3,(H2,26,28,30). The lowest BCUT2D eigenvalue weighted by Gasteiger charge is -2.16. The molecule has 3 aromatic rings. The molecule has 1 aliphatic heterocycles. The molecule has 5 nitrogen and oxygen atoms in total. The van der Waals surface area contributed by atoms with Crippen LogP contribution >= 0.6 is 0 Å². The van der Waals surface area contributed by atoms with Crippen LogP contribution in [-0.4, -0.2) is 48.6 Å². The molecular formula is C25H32N4O. The molecule has 0 bridgehead atoms. The van der Waals surface area contributed by atoms with Gasteiger partial charge in [0.25, 0.3) is 0 Å². The van der Waals surface area contributed by atoms with E-state index in [0.717, 1.165) is 51.0 Å². The summed E-state index contributed by atoms with van der Waals surface area (Å²) < 4.78 is 0. The minimum absolute atomic E-state index is 0.0616. The van der Waals surface area contributed by atoms with E-state index in [1.54, 1.807) is 0 Å². The molecule has 1 aliphatic rings. The summed E-state index contributed by atoms with van der Waals surface area (Å²) in [7, 11) is 0. The molecule has 4 rings (SSSR count). The minimum Gasteiger partial charge on any atom is -0.361 e. The van der Waals surface area contributed by atoms with Crippen LogP contribution in [0.2, 0.25) is 0 Å². The van der Waals surface area contributed by atoms with Gasteiger partial charge in [-0.25, -0.2) is 4.79 Å². The summed E-state index contributed by atoms with van der Waals surface area (Å²) in [5.74, 6) is 0.545. The predicted octanol–water partition coefficient (Wildman–Crippen LogP) is 3.88. The van der Waals surface area contributed by atoms with Crippen LogP contribution in [0.15, 0.2) is 54.7 Å². The van der Waals surface area contributed by atoms with Gasteiger partial charge in [0.2, 0.25) is 0 Å². The second-order valence-corrected chi connectivity index (χ2v) is 8.44. The first-order chi connectivity index (χ1) is 14.7. The molecule has 1 atom stereocenters. The van der Waals surface area contributed by atoms with Crippen LogP contribution in [0.4, 0.5) is 4.79 Å². The van der Waals surface area contributed by atoms with Crippen LogP contribution in [0.25, 0.3) is 10.9 Å². The number of carbonyl (C=O) groups excluding carboxylic acids is 1. The molecule has 0 spiro atoms. The normalized spacial score (nSPS) is 16.8. The van der Waals surface area contributed by atoms with E-state index in [4.69, 9.17) is 0 Å². The number of H-pyrrole nitrogens is 1. The Morgan fingerprint density at radius 1 is 1.13 bits per heavy atom. The fraction of sp³-hybridized carbons (Fsp3) is 0.400. The van der Waals surface area contributed by atoms with Crippen molar-refractivity contribution in [2.24, 2.45) is 5.92 Å². The Hall–Kier alpha value is -2.79. The number of aryl methyl sites for hydroxylation is 1. The first-order valence-corrected chi connectivity index (χ1v) is 11.0. The van der Waals surface area contributed by atoms with Gasteiger partial charge in [-0.1, -0.05) is 42.5 Å². The number of nitrogens with one attached hydrogen (secondary N) is 3. The zero-order chi connectivity index (χ0) is 20.8. The van der Waals surface area contributed by atoms with Gasteiger partial charge in [0, 0.05) is 43.3 Å². The van der Waals surface area contributed by atoms with E-state index >= 15 is 0 Å². The number of carbonyl (C=O) groups is 1. The smallest absolute Gasteiger partial charge is 0.314 e. The van der Waals surface area contributed by atoms with Crippen molar-refractivity contribution in [1.29, 1.82) is 0 Å². The van der Waals surface area contributed by atoms with Crippen molar-refractivity contribution in [2.75, 3.05) is 32.7 Å². The second-order valence-electron chi connectivity index (χ2n) is 8.44. The molecule has 1 aromatic heterocycles. The Kier molecular flexibility index (Phi) is 6.70. The molecule has 0 saturated carbocycles. The molecule has 2 amide bonds. The molecule has 5 heteroatoms. The minimum atomic E-state index is -0.0616. The van der Waals surface area contributed by atoms with Crippen LogP contribution in [0.5, 0.6) is 0 Å². The van der Waals surface area contributed by atoms with Gasteiger partial charge in [-0.2, -0.15) is 0 Å².